The largest absolute Gasteiger partial charge is 0.313 e. The van der Waals surface area contributed by atoms with Crippen LogP contribution in [0.1, 0.15) is 27.5 Å². The summed E-state index contributed by atoms with van der Waals surface area (Å²) in [5, 5.41) is 9.29. The van der Waals surface area contributed by atoms with Gasteiger partial charge in [0.2, 0.25) is 5.16 Å². The Hall–Kier alpha value is -2.58. The highest BCUT2D eigenvalue weighted by atomic mass is 35.5. The van der Waals surface area contributed by atoms with E-state index in [-0.39, 0.29) is 16.4 Å². The number of benzene rings is 3. The molecule has 1 aliphatic rings. The molecule has 0 amide bonds. The van der Waals surface area contributed by atoms with Gasteiger partial charge in [0.05, 0.1) is 11.1 Å². The molecule has 3 aromatic carbocycles. The highest BCUT2D eigenvalue weighted by molar-refractivity contribution is 8.00. The van der Waals surface area contributed by atoms with Crippen LogP contribution in [0.3, 0.4) is 0 Å². The summed E-state index contributed by atoms with van der Waals surface area (Å²) in [6.07, 6.45) is 0. The van der Waals surface area contributed by atoms with E-state index in [2.05, 4.69) is 15.6 Å². The lowest BCUT2D eigenvalue weighted by molar-refractivity contribution is 0.0980. The van der Waals surface area contributed by atoms with Crippen LogP contribution in [-0.2, 0) is 0 Å². The van der Waals surface area contributed by atoms with E-state index in [9.17, 15) is 4.79 Å². The molecule has 0 spiro atoms. The van der Waals surface area contributed by atoms with Crippen molar-refractivity contribution in [2.45, 2.75) is 23.4 Å². The Balaban J connectivity index is 1.63. The second kappa shape index (κ2) is 9.23. The van der Waals surface area contributed by atoms with Gasteiger partial charge in [-0.2, -0.15) is 0 Å². The van der Waals surface area contributed by atoms with Gasteiger partial charge in [0.15, 0.2) is 11.6 Å². The summed E-state index contributed by atoms with van der Waals surface area (Å²) in [6, 6.07) is 15.9. The molecule has 1 aromatic heterocycles. The third kappa shape index (κ3) is 4.18. The molecule has 0 saturated carbocycles. The van der Waals surface area contributed by atoms with Crippen LogP contribution < -0.4 is 5.43 Å². The van der Waals surface area contributed by atoms with Gasteiger partial charge in [0, 0.05) is 26.7 Å². The Morgan fingerprint density at radius 3 is 2.50 bits per heavy atom. The second-order valence-corrected chi connectivity index (χ2v) is 10.1. The lowest BCUT2D eigenvalue weighted by Gasteiger charge is -2.33. The van der Waals surface area contributed by atoms with Gasteiger partial charge in [0.25, 0.3) is 0 Å². The zero-order valence-electron chi connectivity index (χ0n) is 17.6. The number of thioether (sulfide) groups is 1. The molecule has 0 saturated heterocycles. The van der Waals surface area contributed by atoms with E-state index < -0.39 is 17.1 Å². The van der Waals surface area contributed by atoms with Crippen LogP contribution in [0.4, 0.5) is 4.39 Å². The predicted molar refractivity (Wildman–Crippen MR) is 134 cm³/mol. The number of aryl methyl sites for hydroxylation is 1. The summed E-state index contributed by atoms with van der Waals surface area (Å²) in [7, 11) is 0. The standard InChI is InChI=1S/C24H16Cl3FN4OS/c1-12-5-7-13(8-6-12)21(33)22-20(19-16(26)3-2-4-18(19)28)31-32-23(29-30-24(32)34-22)15-10-9-14(25)11-17(15)27/h2-11,20,22,31H,1H3/t20-,22-/m1/s1. The molecule has 2 atom stereocenters. The zero-order chi connectivity index (χ0) is 24.0. The van der Waals surface area contributed by atoms with E-state index in [1.165, 1.54) is 23.9 Å². The molecule has 172 valence electrons. The van der Waals surface area contributed by atoms with Crippen molar-refractivity contribution >= 4 is 52.3 Å². The Morgan fingerprint density at radius 1 is 1.03 bits per heavy atom. The van der Waals surface area contributed by atoms with Crippen LogP contribution in [-0.4, -0.2) is 25.9 Å². The van der Waals surface area contributed by atoms with E-state index in [1.54, 1.807) is 41.1 Å². The molecule has 0 aliphatic carbocycles. The quantitative estimate of drug-likeness (QED) is 0.286. The molecule has 0 fully saturated rings. The summed E-state index contributed by atoms with van der Waals surface area (Å²) < 4.78 is 16.6. The lowest BCUT2D eigenvalue weighted by atomic mass is 9.96. The van der Waals surface area contributed by atoms with Crippen LogP contribution in [0.5, 0.6) is 0 Å². The molecule has 4 aromatic rings. The fourth-order valence-electron chi connectivity index (χ4n) is 3.81. The van der Waals surface area contributed by atoms with E-state index in [0.29, 0.717) is 32.2 Å². The van der Waals surface area contributed by atoms with Crippen molar-refractivity contribution in [2.75, 3.05) is 5.43 Å². The smallest absolute Gasteiger partial charge is 0.211 e. The van der Waals surface area contributed by atoms with Crippen LogP contribution in [0, 0.1) is 12.7 Å². The Bertz CT molecular complexity index is 1390. The molecule has 10 heteroatoms. The number of carbonyl (C=O) groups is 1. The highest BCUT2D eigenvalue weighted by Gasteiger charge is 2.40. The van der Waals surface area contributed by atoms with Gasteiger partial charge < -0.3 is 5.43 Å². The topological polar surface area (TPSA) is 59.8 Å². The normalized spacial score (nSPS) is 17.2. The minimum absolute atomic E-state index is 0.179. The second-order valence-electron chi connectivity index (χ2n) is 7.78. The summed E-state index contributed by atoms with van der Waals surface area (Å²) in [5.41, 5.74) is 5.54. The zero-order valence-corrected chi connectivity index (χ0v) is 20.7. The van der Waals surface area contributed by atoms with Crippen molar-refractivity contribution in [1.82, 2.24) is 14.9 Å². The number of nitrogens with zero attached hydrogens (tertiary/aromatic N) is 3. The minimum atomic E-state index is -0.805. The van der Waals surface area contributed by atoms with E-state index in [1.807, 2.05) is 19.1 Å². The van der Waals surface area contributed by atoms with Gasteiger partial charge in [0.1, 0.15) is 11.1 Å². The number of rotatable bonds is 4. The Kier molecular flexibility index (Phi) is 6.29. The van der Waals surface area contributed by atoms with Gasteiger partial charge in [-0.3, -0.25) is 4.79 Å². The summed E-state index contributed by atoms with van der Waals surface area (Å²) >= 11 is 20.1. The molecule has 2 heterocycles. The van der Waals surface area contributed by atoms with Gasteiger partial charge in [-0.25, -0.2) is 9.07 Å². The number of ketones is 1. The SMILES string of the molecule is Cc1ccc(C(=O)[C@@H]2Sc3nnc(-c4ccc(Cl)cc4Cl)n3N[C@@H]2c2c(F)cccc2Cl)cc1. The first-order valence-corrected chi connectivity index (χ1v) is 12.2. The van der Waals surface area contributed by atoms with Gasteiger partial charge in [-0.05, 0) is 37.3 Å². The van der Waals surface area contributed by atoms with Gasteiger partial charge in [-0.15, -0.1) is 10.2 Å². The average Bonchev–Trinajstić information content (AvgIpc) is 3.21. The van der Waals surface area contributed by atoms with E-state index >= 15 is 4.39 Å². The fraction of sp³-hybridized carbons (Fsp3) is 0.125. The fourth-order valence-corrected chi connectivity index (χ4v) is 5.72. The molecule has 0 unspecified atom stereocenters. The van der Waals surface area contributed by atoms with Crippen molar-refractivity contribution < 1.29 is 9.18 Å². The maximum atomic E-state index is 15.0. The molecular weight excluding hydrogens is 518 g/mol. The number of fused-ring (bicyclic) bond motifs is 1. The molecular formula is C24H16Cl3FN4OS. The first-order chi connectivity index (χ1) is 16.3. The van der Waals surface area contributed by atoms with Gasteiger partial charge in [-0.1, -0.05) is 82.5 Å². The van der Waals surface area contributed by atoms with Crippen molar-refractivity contribution in [1.29, 1.82) is 0 Å². The number of aromatic nitrogens is 3. The third-order valence-electron chi connectivity index (χ3n) is 5.51. The molecule has 1 N–H and O–H groups in total. The van der Waals surface area contributed by atoms with Gasteiger partial charge >= 0.3 is 0 Å². The monoisotopic (exact) mass is 532 g/mol. The van der Waals surface area contributed by atoms with Crippen LogP contribution >= 0.6 is 46.6 Å². The van der Waals surface area contributed by atoms with Crippen molar-refractivity contribution in [3.63, 3.8) is 0 Å². The first-order valence-electron chi connectivity index (χ1n) is 10.2. The van der Waals surface area contributed by atoms with Crippen molar-refractivity contribution in [3.05, 3.63) is 98.2 Å². The Labute approximate surface area is 214 Å². The molecule has 0 radical (unpaired) electrons. The lowest BCUT2D eigenvalue weighted by Crippen LogP contribution is -2.39. The molecule has 1 aliphatic heterocycles. The molecule has 34 heavy (non-hydrogen) atoms. The third-order valence-corrected chi connectivity index (χ3v) is 7.61. The molecule has 0 bridgehead atoms. The maximum absolute atomic E-state index is 15.0. The summed E-state index contributed by atoms with van der Waals surface area (Å²) in [5.74, 6) is -0.292. The Morgan fingerprint density at radius 2 is 1.79 bits per heavy atom. The molecule has 5 rings (SSSR count). The number of hydrogen-bond donors (Lipinski definition) is 1. The van der Waals surface area contributed by atoms with E-state index in [4.69, 9.17) is 34.8 Å². The average molecular weight is 534 g/mol. The summed E-state index contributed by atoms with van der Waals surface area (Å²) in [6.45, 7) is 1.94. The van der Waals surface area contributed by atoms with Crippen LogP contribution in [0.25, 0.3) is 11.4 Å². The van der Waals surface area contributed by atoms with Crippen LogP contribution in [0.2, 0.25) is 15.1 Å². The summed E-state index contributed by atoms with van der Waals surface area (Å²) in [4.78, 5) is 13.6. The molecule has 5 nitrogen and oxygen atoms in total. The number of halogens is 4. The minimum Gasteiger partial charge on any atom is -0.313 e. The number of carbonyl (C=O) groups excluding carboxylic acids is 1. The van der Waals surface area contributed by atoms with E-state index in [0.717, 1.165) is 5.56 Å². The first kappa shape index (κ1) is 23.2. The number of nitrogens with one attached hydrogen (secondary N) is 1. The highest BCUT2D eigenvalue weighted by Crippen LogP contribution is 2.43. The number of hydrogen-bond acceptors (Lipinski definition) is 5. The van der Waals surface area contributed by atoms with Crippen molar-refractivity contribution in [3.8, 4) is 11.4 Å². The van der Waals surface area contributed by atoms with Crippen molar-refractivity contribution in [2.24, 2.45) is 0 Å². The van der Waals surface area contributed by atoms with Crippen LogP contribution in [0.15, 0.2) is 65.8 Å². The number of Topliss-reactive ketones (excluding diaryl/α,β-unsaturated/α-hetero) is 1. The predicted octanol–water partition coefficient (Wildman–Crippen LogP) is 6.99. The maximum Gasteiger partial charge on any atom is 0.211 e.